The van der Waals surface area contributed by atoms with Gasteiger partial charge in [0.15, 0.2) is 0 Å². The second-order valence-corrected chi connectivity index (χ2v) is 4.54. The SMILES string of the molecule is O=C(NCc1ccccc1Cl)Nc1cc(O)cc(O)c1. The predicted molar refractivity (Wildman–Crippen MR) is 77.1 cm³/mol. The monoisotopic (exact) mass is 292 g/mol. The van der Waals surface area contributed by atoms with Gasteiger partial charge >= 0.3 is 6.03 Å². The van der Waals surface area contributed by atoms with E-state index in [-0.39, 0.29) is 18.0 Å². The van der Waals surface area contributed by atoms with Crippen LogP contribution in [0.2, 0.25) is 5.02 Å². The molecule has 0 saturated carbocycles. The van der Waals surface area contributed by atoms with Gasteiger partial charge in [-0.25, -0.2) is 4.79 Å². The quantitative estimate of drug-likeness (QED) is 0.702. The van der Waals surface area contributed by atoms with Gasteiger partial charge in [-0.2, -0.15) is 0 Å². The van der Waals surface area contributed by atoms with Crippen LogP contribution in [0.5, 0.6) is 11.5 Å². The molecule has 0 aromatic heterocycles. The number of urea groups is 1. The van der Waals surface area contributed by atoms with Gasteiger partial charge in [-0.3, -0.25) is 0 Å². The fourth-order valence-corrected chi connectivity index (χ4v) is 1.86. The van der Waals surface area contributed by atoms with E-state index >= 15 is 0 Å². The summed E-state index contributed by atoms with van der Waals surface area (Å²) in [5.74, 6) is -0.266. The van der Waals surface area contributed by atoms with Crippen molar-refractivity contribution in [3.8, 4) is 11.5 Å². The molecule has 2 amide bonds. The summed E-state index contributed by atoms with van der Waals surface area (Å²) in [7, 11) is 0. The van der Waals surface area contributed by atoms with Gasteiger partial charge in [-0.05, 0) is 11.6 Å². The molecule has 0 bridgehead atoms. The van der Waals surface area contributed by atoms with Crippen molar-refractivity contribution in [2.75, 3.05) is 5.32 Å². The summed E-state index contributed by atoms with van der Waals surface area (Å²) < 4.78 is 0. The average molecular weight is 293 g/mol. The summed E-state index contributed by atoms with van der Waals surface area (Å²) in [6.07, 6.45) is 0. The number of halogens is 1. The van der Waals surface area contributed by atoms with Crippen molar-refractivity contribution in [1.29, 1.82) is 0 Å². The molecule has 0 spiro atoms. The molecular weight excluding hydrogens is 280 g/mol. The number of anilines is 1. The number of hydrogen-bond acceptors (Lipinski definition) is 3. The second kappa shape index (κ2) is 6.16. The Morgan fingerprint density at radius 3 is 2.40 bits per heavy atom. The number of phenols is 2. The molecule has 0 unspecified atom stereocenters. The molecule has 0 aliphatic rings. The molecule has 0 aliphatic carbocycles. The van der Waals surface area contributed by atoms with Crippen LogP contribution < -0.4 is 10.6 Å². The third-order valence-corrected chi connectivity index (χ3v) is 2.93. The average Bonchev–Trinajstić information content (AvgIpc) is 2.36. The Kier molecular flexibility index (Phi) is 4.32. The maximum absolute atomic E-state index is 11.7. The second-order valence-electron chi connectivity index (χ2n) is 4.14. The zero-order valence-electron chi connectivity index (χ0n) is 10.4. The zero-order chi connectivity index (χ0) is 14.5. The fraction of sp³-hybridized carbons (Fsp3) is 0.0714. The van der Waals surface area contributed by atoms with E-state index in [1.54, 1.807) is 12.1 Å². The minimum absolute atomic E-state index is 0.133. The summed E-state index contributed by atoms with van der Waals surface area (Å²) in [6.45, 7) is 0.274. The molecule has 0 aliphatic heterocycles. The number of nitrogens with one attached hydrogen (secondary N) is 2. The molecule has 0 atom stereocenters. The van der Waals surface area contributed by atoms with Crippen LogP contribution in [0.3, 0.4) is 0 Å². The number of rotatable bonds is 3. The summed E-state index contributed by atoms with van der Waals surface area (Å²) in [4.78, 5) is 11.7. The van der Waals surface area contributed by atoms with E-state index in [1.807, 2.05) is 12.1 Å². The lowest BCUT2D eigenvalue weighted by molar-refractivity contribution is 0.251. The van der Waals surface area contributed by atoms with Crippen LogP contribution in [-0.4, -0.2) is 16.2 Å². The number of aromatic hydroxyl groups is 2. The van der Waals surface area contributed by atoms with Crippen molar-refractivity contribution in [2.24, 2.45) is 0 Å². The topological polar surface area (TPSA) is 81.6 Å². The fourth-order valence-electron chi connectivity index (χ4n) is 1.66. The first-order valence-corrected chi connectivity index (χ1v) is 6.23. The molecule has 104 valence electrons. The molecule has 0 fully saturated rings. The third-order valence-electron chi connectivity index (χ3n) is 2.56. The van der Waals surface area contributed by atoms with Crippen LogP contribution in [0.15, 0.2) is 42.5 Å². The highest BCUT2D eigenvalue weighted by atomic mass is 35.5. The smallest absolute Gasteiger partial charge is 0.319 e. The molecule has 2 aromatic rings. The Labute approximate surface area is 120 Å². The van der Waals surface area contributed by atoms with Gasteiger partial charge in [0, 0.05) is 35.5 Å². The molecule has 2 rings (SSSR count). The molecule has 0 radical (unpaired) electrons. The molecule has 0 heterocycles. The predicted octanol–water partition coefficient (Wildman–Crippen LogP) is 3.07. The van der Waals surface area contributed by atoms with E-state index < -0.39 is 6.03 Å². The van der Waals surface area contributed by atoms with Gasteiger partial charge in [0.25, 0.3) is 0 Å². The first-order chi connectivity index (χ1) is 9.54. The van der Waals surface area contributed by atoms with E-state index in [9.17, 15) is 15.0 Å². The molecular formula is C14H13ClN2O3. The Morgan fingerprint density at radius 2 is 1.75 bits per heavy atom. The summed E-state index contributed by atoms with van der Waals surface area (Å²) >= 11 is 5.97. The lowest BCUT2D eigenvalue weighted by atomic mass is 10.2. The number of carbonyl (C=O) groups is 1. The van der Waals surface area contributed by atoms with Crippen molar-refractivity contribution < 1.29 is 15.0 Å². The molecule has 2 aromatic carbocycles. The van der Waals surface area contributed by atoms with Crippen LogP contribution in [-0.2, 0) is 6.54 Å². The van der Waals surface area contributed by atoms with E-state index in [0.29, 0.717) is 10.7 Å². The molecule has 20 heavy (non-hydrogen) atoms. The van der Waals surface area contributed by atoms with Crippen molar-refractivity contribution >= 4 is 23.3 Å². The highest BCUT2D eigenvalue weighted by Gasteiger charge is 2.05. The van der Waals surface area contributed by atoms with E-state index in [1.165, 1.54) is 18.2 Å². The number of benzene rings is 2. The van der Waals surface area contributed by atoms with Gasteiger partial charge < -0.3 is 20.8 Å². The molecule has 5 nitrogen and oxygen atoms in total. The number of carbonyl (C=O) groups excluding carboxylic acids is 1. The van der Waals surface area contributed by atoms with Gasteiger partial charge in [-0.15, -0.1) is 0 Å². The van der Waals surface area contributed by atoms with Gasteiger partial charge in [0.1, 0.15) is 11.5 Å². The number of amides is 2. The maximum Gasteiger partial charge on any atom is 0.319 e. The van der Waals surface area contributed by atoms with Crippen LogP contribution >= 0.6 is 11.6 Å². The standard InChI is InChI=1S/C14H13ClN2O3/c15-13-4-2-1-3-9(13)8-16-14(20)17-10-5-11(18)7-12(19)6-10/h1-7,18-19H,8H2,(H2,16,17,20). The minimum atomic E-state index is -0.463. The zero-order valence-corrected chi connectivity index (χ0v) is 11.2. The molecule has 4 N–H and O–H groups in total. The maximum atomic E-state index is 11.7. The van der Waals surface area contributed by atoms with Crippen molar-refractivity contribution in [3.05, 3.63) is 53.1 Å². The Bertz CT molecular complexity index is 611. The Balaban J connectivity index is 1.94. The van der Waals surface area contributed by atoms with E-state index in [0.717, 1.165) is 5.56 Å². The van der Waals surface area contributed by atoms with Gasteiger partial charge in [-0.1, -0.05) is 29.8 Å². The summed E-state index contributed by atoms with van der Waals surface area (Å²) in [5, 5.41) is 24.3. The van der Waals surface area contributed by atoms with Crippen LogP contribution in [0.25, 0.3) is 0 Å². The third kappa shape index (κ3) is 3.80. The van der Waals surface area contributed by atoms with Crippen molar-refractivity contribution in [3.63, 3.8) is 0 Å². The number of hydrogen-bond donors (Lipinski definition) is 4. The highest BCUT2D eigenvalue weighted by molar-refractivity contribution is 6.31. The first-order valence-electron chi connectivity index (χ1n) is 5.86. The minimum Gasteiger partial charge on any atom is -0.508 e. The molecule has 6 heteroatoms. The summed E-state index contributed by atoms with van der Waals surface area (Å²) in [6, 6.07) is 10.5. The van der Waals surface area contributed by atoms with E-state index in [4.69, 9.17) is 11.6 Å². The van der Waals surface area contributed by atoms with Crippen molar-refractivity contribution in [2.45, 2.75) is 6.54 Å². The Morgan fingerprint density at radius 1 is 1.10 bits per heavy atom. The molecule has 0 saturated heterocycles. The summed E-state index contributed by atoms with van der Waals surface area (Å²) in [5.41, 5.74) is 1.09. The largest absolute Gasteiger partial charge is 0.508 e. The lowest BCUT2D eigenvalue weighted by Crippen LogP contribution is -2.28. The first kappa shape index (κ1) is 14.0. The van der Waals surface area contributed by atoms with Crippen LogP contribution in [0, 0.1) is 0 Å². The Hall–Kier alpha value is -2.40. The normalized spacial score (nSPS) is 10.1. The van der Waals surface area contributed by atoms with E-state index in [2.05, 4.69) is 10.6 Å². The van der Waals surface area contributed by atoms with Crippen molar-refractivity contribution in [1.82, 2.24) is 5.32 Å². The number of phenolic OH excluding ortho intramolecular Hbond substituents is 2. The lowest BCUT2D eigenvalue weighted by Gasteiger charge is -2.09. The van der Waals surface area contributed by atoms with Gasteiger partial charge in [0.05, 0.1) is 0 Å². The van der Waals surface area contributed by atoms with Gasteiger partial charge in [0.2, 0.25) is 0 Å². The van der Waals surface area contributed by atoms with Crippen LogP contribution in [0.1, 0.15) is 5.56 Å². The van der Waals surface area contributed by atoms with Crippen LogP contribution in [0.4, 0.5) is 10.5 Å². The highest BCUT2D eigenvalue weighted by Crippen LogP contribution is 2.23.